The van der Waals surface area contributed by atoms with Crippen molar-refractivity contribution in [3.05, 3.63) is 41.3 Å². The highest BCUT2D eigenvalue weighted by molar-refractivity contribution is 5.86. The number of carbonyl (C=O) groups is 1. The number of furan rings is 1. The van der Waals surface area contributed by atoms with Crippen LogP contribution in [0.2, 0.25) is 0 Å². The molecule has 21 heavy (non-hydrogen) atoms. The molecule has 0 unspecified atom stereocenters. The first-order valence-electron chi connectivity index (χ1n) is 6.33. The molecule has 1 aromatic heterocycles. The van der Waals surface area contributed by atoms with Crippen LogP contribution in [-0.4, -0.2) is 25.3 Å². The highest BCUT2D eigenvalue weighted by Crippen LogP contribution is 2.29. The summed E-state index contributed by atoms with van der Waals surface area (Å²) in [5, 5.41) is 12.1. The van der Waals surface area contributed by atoms with Crippen molar-refractivity contribution in [1.82, 2.24) is 0 Å². The number of hydrogen-bond donors (Lipinski definition) is 2. The first-order chi connectivity index (χ1) is 10.0. The number of aromatic carboxylic acids is 1. The molecule has 1 aromatic carbocycles. The van der Waals surface area contributed by atoms with E-state index in [0.717, 1.165) is 5.69 Å². The van der Waals surface area contributed by atoms with Gasteiger partial charge in [0, 0.05) is 11.6 Å². The molecule has 0 bridgehead atoms. The Morgan fingerprint density at radius 3 is 2.62 bits per heavy atom. The number of methoxy groups -OCH3 is 2. The van der Waals surface area contributed by atoms with E-state index in [1.54, 1.807) is 39.3 Å². The maximum atomic E-state index is 10.9. The highest BCUT2D eigenvalue weighted by atomic mass is 16.5. The predicted octanol–water partition coefficient (Wildman–Crippen LogP) is 2.92. The number of carboxylic acid groups (broad SMARTS) is 1. The fourth-order valence-electron chi connectivity index (χ4n) is 1.97. The van der Waals surface area contributed by atoms with Crippen molar-refractivity contribution in [2.75, 3.05) is 19.5 Å². The highest BCUT2D eigenvalue weighted by Gasteiger charge is 2.14. The van der Waals surface area contributed by atoms with Gasteiger partial charge in [-0.1, -0.05) is 0 Å². The number of aryl methyl sites for hydroxylation is 1. The van der Waals surface area contributed by atoms with Crippen LogP contribution in [0.5, 0.6) is 11.5 Å². The molecule has 0 amide bonds. The predicted molar refractivity (Wildman–Crippen MR) is 77.3 cm³/mol. The summed E-state index contributed by atoms with van der Waals surface area (Å²) >= 11 is 0. The molecular formula is C15H17NO5. The lowest BCUT2D eigenvalue weighted by Crippen LogP contribution is -2.01. The molecule has 6 heteroatoms. The molecule has 2 aromatic rings. The van der Waals surface area contributed by atoms with E-state index < -0.39 is 5.97 Å². The van der Waals surface area contributed by atoms with Crippen molar-refractivity contribution in [2.45, 2.75) is 13.5 Å². The number of carboxylic acids is 1. The molecule has 1 heterocycles. The zero-order valence-electron chi connectivity index (χ0n) is 12.1. The summed E-state index contributed by atoms with van der Waals surface area (Å²) < 4.78 is 15.7. The largest absolute Gasteiger partial charge is 0.497 e. The summed E-state index contributed by atoms with van der Waals surface area (Å²) in [7, 11) is 3.15. The third-order valence-corrected chi connectivity index (χ3v) is 3.02. The smallest absolute Gasteiger partial charge is 0.372 e. The molecule has 0 aliphatic carbocycles. The maximum absolute atomic E-state index is 10.9. The molecule has 112 valence electrons. The van der Waals surface area contributed by atoms with E-state index in [9.17, 15) is 4.79 Å². The van der Waals surface area contributed by atoms with Crippen LogP contribution in [0, 0.1) is 6.92 Å². The van der Waals surface area contributed by atoms with Gasteiger partial charge in [-0.15, -0.1) is 0 Å². The average Bonchev–Trinajstić information content (AvgIpc) is 2.86. The van der Waals surface area contributed by atoms with Gasteiger partial charge in [-0.25, -0.2) is 4.79 Å². The molecule has 0 aliphatic rings. The van der Waals surface area contributed by atoms with Crippen molar-refractivity contribution < 1.29 is 23.8 Å². The van der Waals surface area contributed by atoms with Crippen molar-refractivity contribution in [3.8, 4) is 11.5 Å². The fraction of sp³-hybridized carbons (Fsp3) is 0.267. The molecule has 0 spiro atoms. The van der Waals surface area contributed by atoms with Crippen molar-refractivity contribution in [1.29, 1.82) is 0 Å². The van der Waals surface area contributed by atoms with Gasteiger partial charge in [0.15, 0.2) is 0 Å². The van der Waals surface area contributed by atoms with Crippen LogP contribution in [0.3, 0.4) is 0 Å². The Morgan fingerprint density at radius 2 is 2.05 bits per heavy atom. The monoisotopic (exact) mass is 291 g/mol. The van der Waals surface area contributed by atoms with Gasteiger partial charge in [0.25, 0.3) is 0 Å². The molecule has 2 rings (SSSR count). The van der Waals surface area contributed by atoms with E-state index in [2.05, 4.69) is 5.32 Å². The average molecular weight is 291 g/mol. The lowest BCUT2D eigenvalue weighted by molar-refractivity contribution is 0.0659. The Morgan fingerprint density at radius 1 is 1.29 bits per heavy atom. The van der Waals surface area contributed by atoms with Gasteiger partial charge < -0.3 is 24.3 Å². The Kier molecular flexibility index (Phi) is 4.37. The van der Waals surface area contributed by atoms with Crippen LogP contribution >= 0.6 is 0 Å². The van der Waals surface area contributed by atoms with E-state index in [1.807, 2.05) is 6.07 Å². The van der Waals surface area contributed by atoms with Gasteiger partial charge in [0.2, 0.25) is 5.76 Å². The van der Waals surface area contributed by atoms with E-state index in [4.69, 9.17) is 19.0 Å². The zero-order valence-corrected chi connectivity index (χ0v) is 12.1. The number of anilines is 1. The quantitative estimate of drug-likeness (QED) is 0.851. The summed E-state index contributed by atoms with van der Waals surface area (Å²) in [6, 6.07) is 7.09. The van der Waals surface area contributed by atoms with E-state index >= 15 is 0 Å². The van der Waals surface area contributed by atoms with Crippen LogP contribution in [0.4, 0.5) is 5.69 Å². The Balaban J connectivity index is 2.12. The van der Waals surface area contributed by atoms with Crippen LogP contribution in [0.25, 0.3) is 0 Å². The van der Waals surface area contributed by atoms with Crippen molar-refractivity contribution >= 4 is 11.7 Å². The van der Waals surface area contributed by atoms with Crippen molar-refractivity contribution in [3.63, 3.8) is 0 Å². The fourth-order valence-corrected chi connectivity index (χ4v) is 1.97. The molecule has 0 fully saturated rings. The minimum absolute atomic E-state index is 0.0338. The van der Waals surface area contributed by atoms with Gasteiger partial charge in [-0.2, -0.15) is 0 Å². The lowest BCUT2D eigenvalue weighted by Gasteiger charge is -2.11. The first kappa shape index (κ1) is 14.8. The van der Waals surface area contributed by atoms with Gasteiger partial charge in [-0.05, 0) is 25.1 Å². The molecule has 0 saturated carbocycles. The van der Waals surface area contributed by atoms with E-state index in [1.165, 1.54) is 0 Å². The summed E-state index contributed by atoms with van der Waals surface area (Å²) in [4.78, 5) is 10.9. The number of nitrogens with one attached hydrogen (secondary N) is 1. The van der Waals surface area contributed by atoms with Gasteiger partial charge in [-0.3, -0.25) is 0 Å². The van der Waals surface area contributed by atoms with Crippen LogP contribution < -0.4 is 14.8 Å². The van der Waals surface area contributed by atoms with Crippen molar-refractivity contribution in [2.24, 2.45) is 0 Å². The summed E-state index contributed by atoms with van der Waals surface area (Å²) in [5.41, 5.74) is 1.37. The standard InChI is InChI=1S/C15H17NO5/c1-9-6-11(21-14(9)15(17)18)8-16-12-5-4-10(19-2)7-13(12)20-3/h4-7,16H,8H2,1-3H3,(H,17,18). The first-order valence-corrected chi connectivity index (χ1v) is 6.33. The van der Waals surface area contributed by atoms with Gasteiger partial charge >= 0.3 is 5.97 Å². The summed E-state index contributed by atoms with van der Waals surface area (Å²) in [5.74, 6) is 0.771. The number of ether oxygens (including phenoxy) is 2. The Labute approximate surface area is 122 Å². The maximum Gasteiger partial charge on any atom is 0.372 e. The topological polar surface area (TPSA) is 80.9 Å². The third kappa shape index (κ3) is 3.28. The number of benzene rings is 1. The Hall–Kier alpha value is -2.63. The third-order valence-electron chi connectivity index (χ3n) is 3.02. The Bertz CT molecular complexity index is 648. The molecule has 0 saturated heterocycles. The van der Waals surface area contributed by atoms with E-state index in [0.29, 0.717) is 29.4 Å². The molecule has 0 radical (unpaired) electrons. The molecule has 0 atom stereocenters. The second-order valence-electron chi connectivity index (χ2n) is 4.45. The number of rotatable bonds is 6. The second kappa shape index (κ2) is 6.21. The minimum atomic E-state index is -1.07. The second-order valence-corrected chi connectivity index (χ2v) is 4.45. The number of hydrogen-bond acceptors (Lipinski definition) is 5. The zero-order chi connectivity index (χ0) is 15.4. The van der Waals surface area contributed by atoms with Crippen LogP contribution in [-0.2, 0) is 6.54 Å². The minimum Gasteiger partial charge on any atom is -0.497 e. The van der Waals surface area contributed by atoms with Crippen LogP contribution in [0.15, 0.2) is 28.7 Å². The SMILES string of the molecule is COc1ccc(NCc2cc(C)c(C(=O)O)o2)c(OC)c1. The molecular weight excluding hydrogens is 274 g/mol. The summed E-state index contributed by atoms with van der Waals surface area (Å²) in [6.07, 6.45) is 0. The molecule has 6 nitrogen and oxygen atoms in total. The molecule has 2 N–H and O–H groups in total. The van der Waals surface area contributed by atoms with Gasteiger partial charge in [0.1, 0.15) is 17.3 Å². The lowest BCUT2D eigenvalue weighted by atomic mass is 10.2. The van der Waals surface area contributed by atoms with Gasteiger partial charge in [0.05, 0.1) is 26.5 Å². The normalized spacial score (nSPS) is 10.2. The van der Waals surface area contributed by atoms with E-state index in [-0.39, 0.29) is 5.76 Å². The van der Waals surface area contributed by atoms with Crippen LogP contribution in [0.1, 0.15) is 21.9 Å². The summed E-state index contributed by atoms with van der Waals surface area (Å²) in [6.45, 7) is 2.06. The molecule has 0 aliphatic heterocycles.